The Morgan fingerprint density at radius 2 is 1.91 bits per heavy atom. The molecule has 0 radical (unpaired) electrons. The van der Waals surface area contributed by atoms with Gasteiger partial charge in [0.25, 0.3) is 11.6 Å². The van der Waals surface area contributed by atoms with Crippen molar-refractivity contribution < 1.29 is 14.8 Å². The van der Waals surface area contributed by atoms with E-state index in [4.69, 9.17) is 5.73 Å². The Labute approximate surface area is 126 Å². The van der Waals surface area contributed by atoms with Crippen LogP contribution in [-0.4, -0.2) is 22.5 Å². The molecule has 0 saturated carbocycles. The van der Waals surface area contributed by atoms with E-state index in [1.807, 2.05) is 0 Å². The van der Waals surface area contributed by atoms with Crippen molar-refractivity contribution in [3.8, 4) is 0 Å². The van der Waals surface area contributed by atoms with E-state index in [2.05, 4.69) is 5.32 Å². The molecule has 0 aliphatic heterocycles. The molecular weight excluding hydrogens is 286 g/mol. The van der Waals surface area contributed by atoms with E-state index in [0.717, 1.165) is 0 Å². The van der Waals surface area contributed by atoms with Crippen LogP contribution in [0.1, 0.15) is 22.0 Å². The number of nitrogens with two attached hydrogens (primary N) is 1. The molecule has 22 heavy (non-hydrogen) atoms. The highest BCUT2D eigenvalue weighted by Gasteiger charge is 2.25. The van der Waals surface area contributed by atoms with E-state index in [9.17, 15) is 20.0 Å². The van der Waals surface area contributed by atoms with Gasteiger partial charge in [-0.3, -0.25) is 14.9 Å². The number of benzene rings is 2. The number of carbonyl (C=O) groups excluding carboxylic acids is 1. The van der Waals surface area contributed by atoms with Gasteiger partial charge in [0.1, 0.15) is 5.56 Å². The summed E-state index contributed by atoms with van der Waals surface area (Å²) in [5.74, 6) is -0.701. The summed E-state index contributed by atoms with van der Waals surface area (Å²) in [6, 6.07) is 12.2. The Kier molecular flexibility index (Phi) is 4.70. The van der Waals surface area contributed by atoms with Gasteiger partial charge in [-0.15, -0.1) is 0 Å². The Bertz CT molecular complexity index is 688. The van der Waals surface area contributed by atoms with Crippen LogP contribution in [0.15, 0.2) is 48.5 Å². The number of nitrogens with zero attached hydrogens (tertiary/aromatic N) is 1. The highest BCUT2D eigenvalue weighted by Crippen LogP contribution is 2.25. The summed E-state index contributed by atoms with van der Waals surface area (Å²) in [6.45, 7) is -0.337. The first-order chi connectivity index (χ1) is 10.5. The molecule has 2 rings (SSSR count). The first-order valence-corrected chi connectivity index (χ1v) is 6.54. The maximum absolute atomic E-state index is 12.3. The normalized spacial score (nSPS) is 11.7. The molecule has 0 aromatic heterocycles. The number of hydrogen-bond acceptors (Lipinski definition) is 5. The maximum Gasteiger partial charge on any atom is 0.284 e. The van der Waals surface area contributed by atoms with E-state index in [1.54, 1.807) is 30.3 Å². The smallest absolute Gasteiger partial charge is 0.284 e. The zero-order chi connectivity index (χ0) is 16.1. The Morgan fingerprint density at radius 1 is 1.23 bits per heavy atom. The first kappa shape index (κ1) is 15.5. The number of nitro benzene ring substituents is 1. The number of amides is 1. The summed E-state index contributed by atoms with van der Waals surface area (Å²) in [6.07, 6.45) is 0. The Hall–Kier alpha value is -2.93. The van der Waals surface area contributed by atoms with Gasteiger partial charge in [-0.05, 0) is 11.6 Å². The third-order valence-electron chi connectivity index (χ3n) is 3.19. The van der Waals surface area contributed by atoms with E-state index in [1.165, 1.54) is 18.2 Å². The molecule has 0 aliphatic rings. The molecule has 0 saturated heterocycles. The molecule has 0 bridgehead atoms. The van der Waals surface area contributed by atoms with E-state index >= 15 is 0 Å². The van der Waals surface area contributed by atoms with Gasteiger partial charge in [-0.2, -0.15) is 0 Å². The van der Waals surface area contributed by atoms with Gasteiger partial charge in [-0.25, -0.2) is 0 Å². The van der Waals surface area contributed by atoms with Gasteiger partial charge in [0, 0.05) is 6.07 Å². The molecule has 0 spiro atoms. The molecule has 0 heterocycles. The van der Waals surface area contributed by atoms with Crippen molar-refractivity contribution in [1.29, 1.82) is 0 Å². The minimum atomic E-state index is -0.701. The molecule has 7 heteroatoms. The largest absolute Gasteiger partial charge is 0.398 e. The number of aliphatic hydroxyl groups is 1. The summed E-state index contributed by atoms with van der Waals surface area (Å²) < 4.78 is 0. The Morgan fingerprint density at radius 3 is 2.50 bits per heavy atom. The summed E-state index contributed by atoms with van der Waals surface area (Å²) >= 11 is 0. The second kappa shape index (κ2) is 6.68. The highest BCUT2D eigenvalue weighted by molar-refractivity contribution is 6.03. The van der Waals surface area contributed by atoms with Crippen LogP contribution in [0.5, 0.6) is 0 Å². The molecule has 0 aliphatic carbocycles. The van der Waals surface area contributed by atoms with Crippen LogP contribution in [0.3, 0.4) is 0 Å². The van der Waals surface area contributed by atoms with Crippen LogP contribution >= 0.6 is 0 Å². The van der Waals surface area contributed by atoms with Crippen LogP contribution in [0.2, 0.25) is 0 Å². The zero-order valence-electron chi connectivity index (χ0n) is 11.6. The fraction of sp³-hybridized carbons (Fsp3) is 0.133. The lowest BCUT2D eigenvalue weighted by molar-refractivity contribution is -0.385. The van der Waals surface area contributed by atoms with E-state index in [0.29, 0.717) is 5.56 Å². The van der Waals surface area contributed by atoms with Crippen molar-refractivity contribution in [1.82, 2.24) is 5.32 Å². The highest BCUT2D eigenvalue weighted by atomic mass is 16.6. The molecule has 7 nitrogen and oxygen atoms in total. The molecule has 1 amide bonds. The molecule has 1 atom stereocenters. The maximum atomic E-state index is 12.3. The number of anilines is 1. The van der Waals surface area contributed by atoms with Crippen molar-refractivity contribution >= 4 is 17.3 Å². The molecule has 114 valence electrons. The standard InChI is InChI=1S/C15H15N3O4/c16-11-7-4-8-13(18(21)22)14(11)15(20)17-12(9-19)10-5-2-1-3-6-10/h1-8,12,19H,9,16H2,(H,17,20)/t12-/m1/s1. The first-order valence-electron chi connectivity index (χ1n) is 6.54. The number of nitro groups is 1. The number of carbonyl (C=O) groups is 1. The number of nitrogen functional groups attached to an aromatic ring is 1. The van der Waals surface area contributed by atoms with Gasteiger partial charge in [0.05, 0.1) is 23.3 Å². The lowest BCUT2D eigenvalue weighted by Crippen LogP contribution is -2.31. The third-order valence-corrected chi connectivity index (χ3v) is 3.19. The van der Waals surface area contributed by atoms with Gasteiger partial charge >= 0.3 is 0 Å². The number of aliphatic hydroxyl groups excluding tert-OH is 1. The lowest BCUT2D eigenvalue weighted by Gasteiger charge is -2.17. The van der Waals surface area contributed by atoms with Crippen molar-refractivity contribution in [2.24, 2.45) is 0 Å². The van der Waals surface area contributed by atoms with Crippen molar-refractivity contribution in [3.63, 3.8) is 0 Å². The molecule has 2 aromatic carbocycles. The van der Waals surface area contributed by atoms with Gasteiger partial charge in [-0.1, -0.05) is 36.4 Å². The van der Waals surface area contributed by atoms with Crippen molar-refractivity contribution in [2.45, 2.75) is 6.04 Å². The summed E-state index contributed by atoms with van der Waals surface area (Å²) in [5, 5.41) is 23.0. The SMILES string of the molecule is Nc1cccc([N+](=O)[O-])c1C(=O)N[C@H](CO)c1ccccc1. The van der Waals surface area contributed by atoms with Gasteiger partial charge in [0.2, 0.25) is 0 Å². The predicted molar refractivity (Wildman–Crippen MR) is 81.2 cm³/mol. The van der Waals surface area contributed by atoms with Gasteiger partial charge < -0.3 is 16.2 Å². The van der Waals surface area contributed by atoms with E-state index in [-0.39, 0.29) is 23.5 Å². The van der Waals surface area contributed by atoms with E-state index < -0.39 is 16.9 Å². The molecule has 2 aromatic rings. The quantitative estimate of drug-likeness (QED) is 0.440. The molecule has 0 fully saturated rings. The lowest BCUT2D eigenvalue weighted by atomic mass is 10.1. The van der Waals surface area contributed by atoms with Crippen LogP contribution in [-0.2, 0) is 0 Å². The second-order valence-electron chi connectivity index (χ2n) is 4.62. The fourth-order valence-electron chi connectivity index (χ4n) is 2.11. The molecule has 4 N–H and O–H groups in total. The van der Waals surface area contributed by atoms with Crippen molar-refractivity contribution in [2.75, 3.05) is 12.3 Å². The summed E-state index contributed by atoms with van der Waals surface area (Å²) in [7, 11) is 0. The summed E-state index contributed by atoms with van der Waals surface area (Å²) in [4.78, 5) is 22.7. The number of rotatable bonds is 5. The zero-order valence-corrected chi connectivity index (χ0v) is 11.6. The van der Waals surface area contributed by atoms with Crippen LogP contribution in [0.25, 0.3) is 0 Å². The second-order valence-corrected chi connectivity index (χ2v) is 4.62. The third kappa shape index (κ3) is 3.21. The average Bonchev–Trinajstić information content (AvgIpc) is 2.52. The predicted octanol–water partition coefficient (Wildman–Crippen LogP) is 1.64. The van der Waals surface area contributed by atoms with Crippen molar-refractivity contribution in [3.05, 3.63) is 69.8 Å². The average molecular weight is 301 g/mol. The number of nitrogens with one attached hydrogen (secondary N) is 1. The van der Waals surface area contributed by atoms with Crippen LogP contribution in [0, 0.1) is 10.1 Å². The molecule has 0 unspecified atom stereocenters. The fourth-order valence-corrected chi connectivity index (χ4v) is 2.11. The Balaban J connectivity index is 2.31. The monoisotopic (exact) mass is 301 g/mol. The van der Waals surface area contributed by atoms with Gasteiger partial charge in [0.15, 0.2) is 0 Å². The van der Waals surface area contributed by atoms with Crippen LogP contribution in [0.4, 0.5) is 11.4 Å². The topological polar surface area (TPSA) is 118 Å². The minimum absolute atomic E-state index is 0.0106. The molecular formula is C15H15N3O4. The van der Waals surface area contributed by atoms with Crippen LogP contribution < -0.4 is 11.1 Å². The minimum Gasteiger partial charge on any atom is -0.398 e. The summed E-state index contributed by atoms with van der Waals surface area (Å²) in [5.41, 5.74) is 5.81. The number of hydrogen-bond donors (Lipinski definition) is 3.